The van der Waals surface area contributed by atoms with Crippen molar-refractivity contribution >= 4 is 11.4 Å². The van der Waals surface area contributed by atoms with Crippen LogP contribution < -0.4 is 0 Å². The molecule has 0 radical (unpaired) electrons. The van der Waals surface area contributed by atoms with Gasteiger partial charge in [-0.25, -0.2) is 0 Å². The van der Waals surface area contributed by atoms with E-state index in [-0.39, 0.29) is 0 Å². The van der Waals surface area contributed by atoms with Crippen LogP contribution in [0, 0.1) is 0 Å². The molecule has 0 aliphatic rings. The summed E-state index contributed by atoms with van der Waals surface area (Å²) in [6.45, 7) is 5.52. The Balaban J connectivity index is 3.07. The summed E-state index contributed by atoms with van der Waals surface area (Å²) in [6.07, 6.45) is 25.0. The van der Waals surface area contributed by atoms with Crippen LogP contribution in [0.1, 0.15) is 136 Å². The Kier molecular flexibility index (Phi) is 24.2. The first-order chi connectivity index (χ1) is 13.3. The highest BCUT2D eigenvalue weighted by Gasteiger charge is 2.00. The van der Waals surface area contributed by atoms with E-state index in [1.54, 1.807) is 0 Å². The molecule has 3 nitrogen and oxygen atoms in total. The number of rotatable bonds is 23. The van der Waals surface area contributed by atoms with E-state index in [1.807, 2.05) is 0 Å². The van der Waals surface area contributed by atoms with E-state index in [0.717, 1.165) is 25.7 Å². The molecule has 0 aliphatic carbocycles. The van der Waals surface area contributed by atoms with Gasteiger partial charge in [0.05, 0.1) is 13.2 Å². The van der Waals surface area contributed by atoms with Crippen molar-refractivity contribution in [3.8, 4) is 0 Å². The molecule has 0 fully saturated rings. The van der Waals surface area contributed by atoms with Crippen LogP contribution in [0.25, 0.3) is 0 Å². The first-order valence-electron chi connectivity index (χ1n) is 12.0. The van der Waals surface area contributed by atoms with Crippen molar-refractivity contribution < 1.29 is 12.6 Å². The zero-order valence-electron chi connectivity index (χ0n) is 18.5. The molecule has 0 spiro atoms. The molecular weight excluding hydrogens is 356 g/mol. The van der Waals surface area contributed by atoms with E-state index in [2.05, 4.69) is 13.8 Å². The lowest BCUT2D eigenvalue weighted by Gasteiger charge is -2.05. The average molecular weight is 405 g/mol. The molecule has 0 aromatic carbocycles. The lowest BCUT2D eigenvalue weighted by Crippen LogP contribution is -2.04. The summed E-state index contributed by atoms with van der Waals surface area (Å²) in [4.78, 5) is 0. The topological polar surface area (TPSA) is 35.5 Å². The molecular formula is C23H48O3S. The normalized spacial score (nSPS) is 12.5. The summed E-state index contributed by atoms with van der Waals surface area (Å²) in [5.41, 5.74) is 0. The zero-order valence-corrected chi connectivity index (χ0v) is 19.3. The summed E-state index contributed by atoms with van der Waals surface area (Å²) in [6, 6.07) is 0. The fourth-order valence-electron chi connectivity index (χ4n) is 3.29. The zero-order chi connectivity index (χ0) is 19.8. The molecule has 0 heterocycles. The Labute approximate surface area is 173 Å². The highest BCUT2D eigenvalue weighted by Crippen LogP contribution is 2.13. The van der Waals surface area contributed by atoms with E-state index in [9.17, 15) is 4.21 Å². The fourth-order valence-corrected chi connectivity index (χ4v) is 3.87. The molecule has 27 heavy (non-hydrogen) atoms. The Hall–Kier alpha value is 0.0700. The van der Waals surface area contributed by atoms with Crippen LogP contribution in [0.15, 0.2) is 0 Å². The van der Waals surface area contributed by atoms with Crippen LogP contribution in [0.2, 0.25) is 0 Å². The largest absolute Gasteiger partial charge is 0.304 e. The highest BCUT2D eigenvalue weighted by molar-refractivity contribution is 7.75. The molecule has 0 rings (SSSR count). The third-order valence-corrected chi connectivity index (χ3v) is 5.82. The Morgan fingerprint density at radius 1 is 0.444 bits per heavy atom. The van der Waals surface area contributed by atoms with Crippen molar-refractivity contribution in [1.82, 2.24) is 0 Å². The second-order valence-corrected chi connectivity index (χ2v) is 8.74. The first kappa shape index (κ1) is 27.1. The fraction of sp³-hybridized carbons (Fsp3) is 1.00. The van der Waals surface area contributed by atoms with Gasteiger partial charge in [-0.05, 0) is 12.8 Å². The summed E-state index contributed by atoms with van der Waals surface area (Å²) in [5.74, 6) is 0. The van der Waals surface area contributed by atoms with Gasteiger partial charge in [-0.1, -0.05) is 123 Å². The van der Waals surface area contributed by atoms with Crippen LogP contribution in [0.5, 0.6) is 0 Å². The van der Waals surface area contributed by atoms with E-state index in [1.165, 1.54) is 96.3 Å². The molecule has 0 amide bonds. The lowest BCUT2D eigenvalue weighted by molar-refractivity contribution is 0.241. The summed E-state index contributed by atoms with van der Waals surface area (Å²) < 4.78 is 21.7. The van der Waals surface area contributed by atoms with E-state index >= 15 is 0 Å². The maximum Gasteiger partial charge on any atom is 0.304 e. The smallest absolute Gasteiger partial charge is 0.268 e. The first-order valence-corrected chi connectivity index (χ1v) is 13.0. The minimum atomic E-state index is -1.54. The van der Waals surface area contributed by atoms with Gasteiger partial charge in [0, 0.05) is 0 Å². The van der Waals surface area contributed by atoms with Crippen LogP contribution in [-0.4, -0.2) is 17.4 Å². The third kappa shape index (κ3) is 24.0. The van der Waals surface area contributed by atoms with Gasteiger partial charge in [0.15, 0.2) is 0 Å². The molecule has 164 valence electrons. The van der Waals surface area contributed by atoms with Gasteiger partial charge >= 0.3 is 11.4 Å². The quantitative estimate of drug-likeness (QED) is 0.162. The lowest BCUT2D eigenvalue weighted by atomic mass is 10.0. The molecule has 1 unspecified atom stereocenters. The summed E-state index contributed by atoms with van der Waals surface area (Å²) in [7, 11) is 0. The van der Waals surface area contributed by atoms with Crippen molar-refractivity contribution in [2.24, 2.45) is 0 Å². The van der Waals surface area contributed by atoms with Crippen molar-refractivity contribution in [3.05, 3.63) is 0 Å². The third-order valence-electron chi connectivity index (χ3n) is 5.10. The maximum absolute atomic E-state index is 11.4. The van der Waals surface area contributed by atoms with E-state index in [0.29, 0.717) is 13.2 Å². The molecule has 0 bridgehead atoms. The Morgan fingerprint density at radius 3 is 1.07 bits per heavy atom. The van der Waals surface area contributed by atoms with Gasteiger partial charge in [-0.15, -0.1) is 0 Å². The van der Waals surface area contributed by atoms with E-state index < -0.39 is 11.4 Å². The molecule has 4 heteroatoms. The maximum atomic E-state index is 11.4. The van der Waals surface area contributed by atoms with Crippen molar-refractivity contribution in [3.63, 3.8) is 0 Å². The van der Waals surface area contributed by atoms with Gasteiger partial charge in [0.1, 0.15) is 0 Å². The number of unbranched alkanes of at least 4 members (excludes halogenated alkanes) is 17. The molecule has 0 aromatic rings. The molecule has 0 saturated carbocycles. The predicted octanol–water partition coefficient (Wildman–Crippen LogP) is 8.05. The van der Waals surface area contributed by atoms with Crippen LogP contribution in [0.4, 0.5) is 0 Å². The van der Waals surface area contributed by atoms with Crippen LogP contribution in [0.3, 0.4) is 0 Å². The Bertz CT molecular complexity index is 297. The van der Waals surface area contributed by atoms with Gasteiger partial charge in [0.25, 0.3) is 0 Å². The monoisotopic (exact) mass is 404 g/mol. The van der Waals surface area contributed by atoms with Crippen molar-refractivity contribution in [2.45, 2.75) is 136 Å². The van der Waals surface area contributed by atoms with E-state index in [4.69, 9.17) is 8.37 Å². The van der Waals surface area contributed by atoms with Gasteiger partial charge in [0.2, 0.25) is 0 Å². The molecule has 0 aliphatic heterocycles. The Morgan fingerprint density at radius 2 is 0.704 bits per heavy atom. The molecule has 0 saturated heterocycles. The minimum Gasteiger partial charge on any atom is -0.268 e. The summed E-state index contributed by atoms with van der Waals surface area (Å²) >= 11 is -1.54. The van der Waals surface area contributed by atoms with Gasteiger partial charge < -0.3 is 0 Å². The highest BCUT2D eigenvalue weighted by atomic mass is 32.2. The minimum absolute atomic E-state index is 0.541. The molecule has 1 atom stereocenters. The van der Waals surface area contributed by atoms with Gasteiger partial charge in [-0.2, -0.15) is 4.21 Å². The number of hydrogen-bond acceptors (Lipinski definition) is 3. The predicted molar refractivity (Wildman–Crippen MR) is 119 cm³/mol. The second-order valence-electron chi connectivity index (χ2n) is 7.86. The number of hydrogen-bond donors (Lipinski definition) is 0. The molecule has 0 aromatic heterocycles. The molecule has 0 N–H and O–H groups in total. The van der Waals surface area contributed by atoms with Crippen LogP contribution >= 0.6 is 0 Å². The van der Waals surface area contributed by atoms with Crippen LogP contribution in [-0.2, 0) is 19.7 Å². The van der Waals surface area contributed by atoms with Crippen molar-refractivity contribution in [2.75, 3.05) is 13.2 Å². The van der Waals surface area contributed by atoms with Crippen molar-refractivity contribution in [1.29, 1.82) is 0 Å². The SMILES string of the molecule is CCCCCCCCCCCCCCCCCCOS(=O)OCCCCC. The standard InChI is InChI=1S/C23H48O3S/c1-3-5-7-8-9-10-11-12-13-14-15-16-17-18-19-21-23-26-27(24)25-22-20-6-4-2/h3-23H2,1-2H3. The summed E-state index contributed by atoms with van der Waals surface area (Å²) in [5, 5.41) is 0. The average Bonchev–Trinajstić information content (AvgIpc) is 2.67. The second kappa shape index (κ2) is 24.1. The van der Waals surface area contributed by atoms with Gasteiger partial charge in [-0.3, -0.25) is 8.37 Å².